The zero-order chi connectivity index (χ0) is 14.8. The van der Waals surface area contributed by atoms with Crippen molar-refractivity contribution in [2.45, 2.75) is 6.92 Å². The molecular formula is C17H15N3O. The molecule has 1 aromatic heterocycles. The third kappa shape index (κ3) is 2.69. The summed E-state index contributed by atoms with van der Waals surface area (Å²) in [6.45, 7) is 2.00. The Kier molecular flexibility index (Phi) is 3.28. The van der Waals surface area contributed by atoms with E-state index in [0.29, 0.717) is 5.56 Å². The molecule has 3 N–H and O–H groups in total. The largest absolute Gasteiger partial charge is 0.383 e. The lowest BCUT2D eigenvalue weighted by molar-refractivity contribution is 0.102. The number of aryl methyl sites for hydroxylation is 1. The van der Waals surface area contributed by atoms with Crippen LogP contribution in [0.15, 0.2) is 54.6 Å². The van der Waals surface area contributed by atoms with E-state index in [1.165, 1.54) is 0 Å². The van der Waals surface area contributed by atoms with Crippen LogP contribution in [0.25, 0.3) is 10.9 Å². The Balaban J connectivity index is 1.93. The summed E-state index contributed by atoms with van der Waals surface area (Å²) in [4.78, 5) is 16.6. The van der Waals surface area contributed by atoms with Gasteiger partial charge in [0.1, 0.15) is 5.82 Å². The second-order valence-electron chi connectivity index (χ2n) is 4.93. The van der Waals surface area contributed by atoms with Gasteiger partial charge >= 0.3 is 0 Å². The summed E-state index contributed by atoms with van der Waals surface area (Å²) in [6, 6.07) is 16.9. The summed E-state index contributed by atoms with van der Waals surface area (Å²) >= 11 is 0. The fraction of sp³-hybridized carbons (Fsp3) is 0.0588. The van der Waals surface area contributed by atoms with Crippen LogP contribution in [0.1, 0.15) is 15.9 Å². The number of amides is 1. The summed E-state index contributed by atoms with van der Waals surface area (Å²) in [7, 11) is 0. The van der Waals surface area contributed by atoms with Gasteiger partial charge in [-0.1, -0.05) is 35.9 Å². The third-order valence-corrected chi connectivity index (χ3v) is 3.31. The van der Waals surface area contributed by atoms with Crippen molar-refractivity contribution in [3.8, 4) is 0 Å². The quantitative estimate of drug-likeness (QED) is 0.754. The summed E-state index contributed by atoms with van der Waals surface area (Å²) < 4.78 is 0. The van der Waals surface area contributed by atoms with E-state index in [9.17, 15) is 4.79 Å². The van der Waals surface area contributed by atoms with E-state index in [1.807, 2.05) is 55.5 Å². The lowest BCUT2D eigenvalue weighted by Crippen LogP contribution is -2.15. The highest BCUT2D eigenvalue weighted by Gasteiger charge is 2.12. The molecule has 0 radical (unpaired) electrons. The fourth-order valence-electron chi connectivity index (χ4n) is 2.15. The maximum absolute atomic E-state index is 12.3. The van der Waals surface area contributed by atoms with Crippen LogP contribution in [0.3, 0.4) is 0 Å². The van der Waals surface area contributed by atoms with E-state index < -0.39 is 0 Å². The van der Waals surface area contributed by atoms with Gasteiger partial charge in [0.2, 0.25) is 0 Å². The molecule has 21 heavy (non-hydrogen) atoms. The monoisotopic (exact) mass is 277 g/mol. The van der Waals surface area contributed by atoms with Crippen molar-refractivity contribution in [3.63, 3.8) is 0 Å². The van der Waals surface area contributed by atoms with Crippen LogP contribution in [0, 0.1) is 6.92 Å². The minimum absolute atomic E-state index is 0.235. The molecule has 1 amide bonds. The first kappa shape index (κ1) is 13.1. The van der Waals surface area contributed by atoms with Gasteiger partial charge in [-0.25, -0.2) is 4.98 Å². The number of benzene rings is 2. The first-order valence-corrected chi connectivity index (χ1v) is 6.67. The van der Waals surface area contributed by atoms with Crippen molar-refractivity contribution in [1.82, 2.24) is 4.98 Å². The highest BCUT2D eigenvalue weighted by atomic mass is 16.1. The van der Waals surface area contributed by atoms with Crippen molar-refractivity contribution in [2.75, 3.05) is 11.1 Å². The molecule has 1 heterocycles. The minimum atomic E-state index is -0.255. The lowest BCUT2D eigenvalue weighted by Gasteiger charge is -2.08. The zero-order valence-corrected chi connectivity index (χ0v) is 11.6. The highest BCUT2D eigenvalue weighted by Crippen LogP contribution is 2.19. The first-order valence-electron chi connectivity index (χ1n) is 6.67. The Bertz CT molecular complexity index is 810. The molecule has 0 saturated carbocycles. The Morgan fingerprint density at radius 3 is 2.57 bits per heavy atom. The SMILES string of the molecule is Cc1ccc(NC(=O)c2cc3ccccc3nc2N)cc1. The number of hydrogen-bond donors (Lipinski definition) is 2. The molecular weight excluding hydrogens is 262 g/mol. The van der Waals surface area contributed by atoms with Crippen molar-refractivity contribution in [2.24, 2.45) is 0 Å². The van der Waals surface area contributed by atoms with Crippen molar-refractivity contribution in [3.05, 3.63) is 65.7 Å². The maximum Gasteiger partial charge on any atom is 0.259 e. The molecule has 2 aromatic carbocycles. The van der Waals surface area contributed by atoms with Gasteiger partial charge < -0.3 is 11.1 Å². The van der Waals surface area contributed by atoms with E-state index in [4.69, 9.17) is 5.73 Å². The first-order chi connectivity index (χ1) is 10.1. The maximum atomic E-state index is 12.3. The molecule has 3 rings (SSSR count). The number of fused-ring (bicyclic) bond motifs is 1. The number of nitrogen functional groups attached to an aromatic ring is 1. The van der Waals surface area contributed by atoms with Gasteiger partial charge in [0.15, 0.2) is 0 Å². The summed E-state index contributed by atoms with van der Waals surface area (Å²) in [5.74, 6) is -0.0204. The second kappa shape index (κ2) is 5.25. The average molecular weight is 277 g/mol. The number of carbonyl (C=O) groups excluding carboxylic acids is 1. The normalized spacial score (nSPS) is 10.5. The Labute approximate surface area is 122 Å². The second-order valence-corrected chi connectivity index (χ2v) is 4.93. The molecule has 0 atom stereocenters. The summed E-state index contributed by atoms with van der Waals surface area (Å²) in [6.07, 6.45) is 0. The average Bonchev–Trinajstić information content (AvgIpc) is 2.49. The van der Waals surface area contributed by atoms with E-state index in [-0.39, 0.29) is 11.7 Å². The van der Waals surface area contributed by atoms with Gasteiger partial charge in [0.05, 0.1) is 11.1 Å². The minimum Gasteiger partial charge on any atom is -0.383 e. The molecule has 4 heteroatoms. The number of anilines is 2. The standard InChI is InChI=1S/C17H15N3O/c1-11-6-8-13(9-7-11)19-17(21)14-10-12-4-2-3-5-15(12)20-16(14)18/h2-10H,1H3,(H2,18,20)(H,19,21). The molecule has 0 spiro atoms. The zero-order valence-electron chi connectivity index (χ0n) is 11.6. The smallest absolute Gasteiger partial charge is 0.259 e. The molecule has 0 unspecified atom stereocenters. The van der Waals surface area contributed by atoms with Crippen LogP contribution in [0.4, 0.5) is 11.5 Å². The summed E-state index contributed by atoms with van der Waals surface area (Å²) in [5, 5.41) is 3.72. The third-order valence-electron chi connectivity index (χ3n) is 3.31. The molecule has 4 nitrogen and oxygen atoms in total. The van der Waals surface area contributed by atoms with Crippen LogP contribution >= 0.6 is 0 Å². The number of nitrogens with one attached hydrogen (secondary N) is 1. The molecule has 0 fully saturated rings. The van der Waals surface area contributed by atoms with Crippen molar-refractivity contribution >= 4 is 28.3 Å². The van der Waals surface area contributed by atoms with Gasteiger partial charge in [0.25, 0.3) is 5.91 Å². The molecule has 3 aromatic rings. The number of nitrogens with zero attached hydrogens (tertiary/aromatic N) is 1. The van der Waals surface area contributed by atoms with Crippen LogP contribution in [-0.2, 0) is 0 Å². The molecule has 104 valence electrons. The Morgan fingerprint density at radius 2 is 1.81 bits per heavy atom. The number of para-hydroxylation sites is 1. The van der Waals surface area contributed by atoms with Gasteiger partial charge in [-0.2, -0.15) is 0 Å². The number of rotatable bonds is 2. The number of aromatic nitrogens is 1. The Hall–Kier alpha value is -2.88. The van der Waals surface area contributed by atoms with Gasteiger partial charge in [-0.3, -0.25) is 4.79 Å². The van der Waals surface area contributed by atoms with E-state index in [0.717, 1.165) is 22.2 Å². The predicted molar refractivity (Wildman–Crippen MR) is 85.3 cm³/mol. The van der Waals surface area contributed by atoms with Gasteiger partial charge in [-0.15, -0.1) is 0 Å². The van der Waals surface area contributed by atoms with Crippen molar-refractivity contribution in [1.29, 1.82) is 0 Å². The molecule has 0 bridgehead atoms. The number of nitrogens with two attached hydrogens (primary N) is 1. The molecule has 0 aliphatic heterocycles. The van der Waals surface area contributed by atoms with E-state index in [2.05, 4.69) is 10.3 Å². The van der Waals surface area contributed by atoms with Crippen LogP contribution < -0.4 is 11.1 Å². The number of carbonyl (C=O) groups is 1. The van der Waals surface area contributed by atoms with Crippen LogP contribution in [0.2, 0.25) is 0 Å². The Morgan fingerprint density at radius 1 is 1.10 bits per heavy atom. The van der Waals surface area contributed by atoms with Gasteiger partial charge in [0, 0.05) is 11.1 Å². The topological polar surface area (TPSA) is 68.0 Å². The highest BCUT2D eigenvalue weighted by molar-refractivity contribution is 6.09. The van der Waals surface area contributed by atoms with Crippen LogP contribution in [0.5, 0.6) is 0 Å². The molecule has 0 saturated heterocycles. The molecule has 0 aliphatic carbocycles. The van der Waals surface area contributed by atoms with Crippen molar-refractivity contribution < 1.29 is 4.79 Å². The fourth-order valence-corrected chi connectivity index (χ4v) is 2.15. The molecule has 0 aliphatic rings. The lowest BCUT2D eigenvalue weighted by atomic mass is 10.1. The summed E-state index contributed by atoms with van der Waals surface area (Å²) in [5.41, 5.74) is 8.93. The van der Waals surface area contributed by atoms with E-state index >= 15 is 0 Å². The predicted octanol–water partition coefficient (Wildman–Crippen LogP) is 3.38. The number of pyridine rings is 1. The number of hydrogen-bond acceptors (Lipinski definition) is 3. The van der Waals surface area contributed by atoms with Gasteiger partial charge in [-0.05, 0) is 31.2 Å². The van der Waals surface area contributed by atoms with E-state index in [1.54, 1.807) is 6.07 Å². The van der Waals surface area contributed by atoms with Crippen LogP contribution in [-0.4, -0.2) is 10.9 Å².